The number of hydrogen-bond donors (Lipinski definition) is 1. The highest BCUT2D eigenvalue weighted by atomic mass is 19.4. The molecule has 0 aliphatic rings. The Morgan fingerprint density at radius 1 is 0.732 bits per heavy atom. The summed E-state index contributed by atoms with van der Waals surface area (Å²) in [6.45, 7) is 1.46. The molecule has 0 spiro atoms. The second-order valence-electron chi connectivity index (χ2n) is 9.44. The highest BCUT2D eigenvalue weighted by Crippen LogP contribution is 2.40. The van der Waals surface area contributed by atoms with E-state index in [1.54, 1.807) is 30.3 Å². The number of amides is 1. The van der Waals surface area contributed by atoms with Crippen LogP contribution in [0.4, 0.5) is 32.0 Å². The summed E-state index contributed by atoms with van der Waals surface area (Å²) in [5.41, 5.74) is -4.17. The van der Waals surface area contributed by atoms with Gasteiger partial charge in [0.05, 0.1) is 21.6 Å². The van der Waals surface area contributed by atoms with E-state index in [0.717, 1.165) is 42.5 Å². The summed E-state index contributed by atoms with van der Waals surface area (Å²) >= 11 is 0. The predicted molar refractivity (Wildman–Crippen MR) is 139 cm³/mol. The van der Waals surface area contributed by atoms with Gasteiger partial charge in [-0.1, -0.05) is 60.7 Å². The first kappa shape index (κ1) is 29.3. The third kappa shape index (κ3) is 6.40. The Morgan fingerprint density at radius 2 is 1.24 bits per heavy atom. The molecule has 1 amide bonds. The molecule has 0 aliphatic carbocycles. The number of carbonyl (C=O) groups excluding carboxylic acids is 1. The SMILES string of the molecule is Cc1ccc(C(=O)NC(Cc2ccccc2)(c2cccc(C(F)(F)F)c2)c2cccc(C(F)(F)F)c2)cc1[N+](=O)[O-]. The van der Waals surface area contributed by atoms with E-state index in [1.807, 2.05) is 0 Å². The molecule has 11 heteroatoms. The van der Waals surface area contributed by atoms with Gasteiger partial charge in [-0.25, -0.2) is 0 Å². The van der Waals surface area contributed by atoms with Crippen LogP contribution in [-0.2, 0) is 24.3 Å². The molecule has 0 bridgehead atoms. The van der Waals surface area contributed by atoms with Crippen molar-refractivity contribution in [1.29, 1.82) is 0 Å². The molecule has 0 saturated heterocycles. The van der Waals surface area contributed by atoms with Crippen LogP contribution in [0.15, 0.2) is 97.1 Å². The molecule has 0 aliphatic heterocycles. The standard InChI is InChI=1S/C30H22F6N2O3/c1-19-13-14-21(15-26(19)38(40)41)27(39)37-28(18-20-7-3-2-4-8-20,22-9-5-11-24(16-22)29(31,32)33)23-10-6-12-25(17-23)30(34,35)36/h2-17H,18H2,1H3,(H,37,39). The number of hydrogen-bond acceptors (Lipinski definition) is 3. The molecular weight excluding hydrogens is 550 g/mol. The summed E-state index contributed by atoms with van der Waals surface area (Å²) in [5, 5.41) is 14.2. The summed E-state index contributed by atoms with van der Waals surface area (Å²) < 4.78 is 82.7. The fourth-order valence-corrected chi connectivity index (χ4v) is 4.60. The van der Waals surface area contributed by atoms with Crippen LogP contribution in [0, 0.1) is 17.0 Å². The summed E-state index contributed by atoms with van der Waals surface area (Å²) in [5.74, 6) is -0.932. The molecule has 4 aromatic rings. The number of aryl methyl sites for hydroxylation is 1. The molecular formula is C30H22F6N2O3. The second kappa shape index (κ2) is 11.1. The minimum atomic E-state index is -4.79. The molecule has 5 nitrogen and oxygen atoms in total. The minimum Gasteiger partial charge on any atom is -0.338 e. The van der Waals surface area contributed by atoms with Crippen LogP contribution in [0.1, 0.15) is 43.7 Å². The molecule has 0 heterocycles. The van der Waals surface area contributed by atoms with Gasteiger partial charge in [0, 0.05) is 23.6 Å². The molecule has 1 N–H and O–H groups in total. The average Bonchev–Trinajstić information content (AvgIpc) is 2.92. The molecule has 41 heavy (non-hydrogen) atoms. The van der Waals surface area contributed by atoms with E-state index in [9.17, 15) is 41.3 Å². The van der Waals surface area contributed by atoms with Crippen LogP contribution in [-0.4, -0.2) is 10.8 Å². The van der Waals surface area contributed by atoms with Gasteiger partial charge in [-0.05, 0) is 53.9 Å². The van der Waals surface area contributed by atoms with Crippen LogP contribution >= 0.6 is 0 Å². The lowest BCUT2D eigenvalue weighted by Crippen LogP contribution is -2.49. The van der Waals surface area contributed by atoms with Gasteiger partial charge in [-0.3, -0.25) is 14.9 Å². The largest absolute Gasteiger partial charge is 0.416 e. The number of nitrogens with one attached hydrogen (secondary N) is 1. The lowest BCUT2D eigenvalue weighted by molar-refractivity contribution is -0.385. The van der Waals surface area contributed by atoms with Gasteiger partial charge in [0.2, 0.25) is 0 Å². The fourth-order valence-electron chi connectivity index (χ4n) is 4.60. The predicted octanol–water partition coefficient (Wildman–Crippen LogP) is 7.86. The third-order valence-corrected chi connectivity index (χ3v) is 6.67. The van der Waals surface area contributed by atoms with Gasteiger partial charge in [0.25, 0.3) is 11.6 Å². The van der Waals surface area contributed by atoms with Crippen molar-refractivity contribution in [3.05, 3.63) is 146 Å². The van der Waals surface area contributed by atoms with E-state index >= 15 is 0 Å². The number of benzene rings is 4. The zero-order valence-corrected chi connectivity index (χ0v) is 21.4. The summed E-state index contributed by atoms with van der Waals surface area (Å²) in [6.07, 6.45) is -9.82. The van der Waals surface area contributed by atoms with Crippen molar-refractivity contribution >= 4 is 11.6 Å². The van der Waals surface area contributed by atoms with Crippen LogP contribution in [0.5, 0.6) is 0 Å². The smallest absolute Gasteiger partial charge is 0.338 e. The van der Waals surface area contributed by atoms with Crippen molar-refractivity contribution < 1.29 is 36.1 Å². The number of nitro groups is 1. The Bertz CT molecular complexity index is 1530. The second-order valence-corrected chi connectivity index (χ2v) is 9.44. The van der Waals surface area contributed by atoms with Gasteiger partial charge >= 0.3 is 12.4 Å². The molecule has 0 atom stereocenters. The van der Waals surface area contributed by atoms with Crippen molar-refractivity contribution in [2.75, 3.05) is 0 Å². The zero-order valence-electron chi connectivity index (χ0n) is 21.4. The van der Waals surface area contributed by atoms with Gasteiger partial charge in [0.1, 0.15) is 0 Å². The molecule has 0 fully saturated rings. The van der Waals surface area contributed by atoms with Crippen LogP contribution < -0.4 is 5.32 Å². The van der Waals surface area contributed by atoms with Crippen molar-refractivity contribution in [1.82, 2.24) is 5.32 Å². The number of halogens is 6. The number of nitro benzene ring substituents is 1. The van der Waals surface area contributed by atoms with Gasteiger partial charge < -0.3 is 5.32 Å². The Balaban J connectivity index is 2.00. The molecule has 0 aromatic heterocycles. The van der Waals surface area contributed by atoms with E-state index in [4.69, 9.17) is 0 Å². The Hall–Kier alpha value is -4.67. The van der Waals surface area contributed by atoms with E-state index in [2.05, 4.69) is 5.32 Å². The Labute approximate surface area is 230 Å². The maximum absolute atomic E-state index is 13.8. The summed E-state index contributed by atoms with van der Waals surface area (Å²) in [6, 6.07) is 19.8. The number of alkyl halides is 6. The highest BCUT2D eigenvalue weighted by Gasteiger charge is 2.41. The van der Waals surface area contributed by atoms with Crippen molar-refractivity contribution in [3.8, 4) is 0 Å². The highest BCUT2D eigenvalue weighted by molar-refractivity contribution is 5.96. The number of nitrogens with zero attached hydrogens (tertiary/aromatic N) is 1. The normalized spacial score (nSPS) is 12.2. The zero-order chi connectivity index (χ0) is 30.0. The van der Waals surface area contributed by atoms with E-state index < -0.39 is 39.8 Å². The minimum absolute atomic E-state index is 0.134. The maximum Gasteiger partial charge on any atom is 0.416 e. The average molecular weight is 573 g/mol. The van der Waals surface area contributed by atoms with Crippen molar-refractivity contribution in [2.45, 2.75) is 31.2 Å². The van der Waals surface area contributed by atoms with Gasteiger partial charge in [-0.2, -0.15) is 26.3 Å². The lowest BCUT2D eigenvalue weighted by atomic mass is 9.76. The molecule has 4 rings (SSSR count). The van der Waals surface area contributed by atoms with Crippen LogP contribution in [0.25, 0.3) is 0 Å². The van der Waals surface area contributed by atoms with Gasteiger partial charge in [-0.15, -0.1) is 0 Å². The van der Waals surface area contributed by atoms with E-state index in [0.29, 0.717) is 5.56 Å². The molecule has 0 radical (unpaired) electrons. The van der Waals surface area contributed by atoms with Crippen LogP contribution in [0.3, 0.4) is 0 Å². The lowest BCUT2D eigenvalue weighted by Gasteiger charge is -2.37. The summed E-state index contributed by atoms with van der Waals surface area (Å²) in [7, 11) is 0. The monoisotopic (exact) mass is 572 g/mol. The van der Waals surface area contributed by atoms with Gasteiger partial charge in [0.15, 0.2) is 0 Å². The Kier molecular flexibility index (Phi) is 7.92. The molecule has 0 unspecified atom stereocenters. The molecule has 212 valence electrons. The Morgan fingerprint density at radius 3 is 1.73 bits per heavy atom. The van der Waals surface area contributed by atoms with Crippen molar-refractivity contribution in [2.24, 2.45) is 0 Å². The first-order valence-electron chi connectivity index (χ1n) is 12.2. The fraction of sp³-hybridized carbons (Fsp3) is 0.167. The van der Waals surface area contributed by atoms with E-state index in [1.165, 1.54) is 31.2 Å². The first-order chi connectivity index (χ1) is 19.2. The maximum atomic E-state index is 13.8. The topological polar surface area (TPSA) is 72.2 Å². The first-order valence-corrected chi connectivity index (χ1v) is 12.2. The number of rotatable bonds is 7. The van der Waals surface area contributed by atoms with E-state index in [-0.39, 0.29) is 34.4 Å². The molecule has 0 saturated carbocycles. The molecule has 4 aromatic carbocycles. The number of carbonyl (C=O) groups is 1. The third-order valence-electron chi connectivity index (χ3n) is 6.67. The van der Waals surface area contributed by atoms with Crippen molar-refractivity contribution in [3.63, 3.8) is 0 Å². The van der Waals surface area contributed by atoms with Crippen LogP contribution in [0.2, 0.25) is 0 Å². The summed E-state index contributed by atoms with van der Waals surface area (Å²) in [4.78, 5) is 24.5. The quantitative estimate of drug-likeness (QED) is 0.139.